The number of thiophene rings is 1. The van der Waals surface area contributed by atoms with Gasteiger partial charge in [0.05, 0.1) is 4.88 Å². The van der Waals surface area contributed by atoms with Gasteiger partial charge in [-0.2, -0.15) is 0 Å². The van der Waals surface area contributed by atoms with Gasteiger partial charge in [0.15, 0.2) is 5.78 Å². The molecule has 0 unspecified atom stereocenters. The number of ketones is 1. The van der Waals surface area contributed by atoms with Crippen LogP contribution in [0.1, 0.15) is 64.1 Å². The van der Waals surface area contributed by atoms with Gasteiger partial charge < -0.3 is 10.1 Å². The van der Waals surface area contributed by atoms with E-state index in [-0.39, 0.29) is 16.4 Å². The van der Waals surface area contributed by atoms with Crippen molar-refractivity contribution >= 4 is 33.2 Å². The van der Waals surface area contributed by atoms with E-state index in [1.165, 1.54) is 12.1 Å². The molecule has 1 aromatic heterocycles. The quantitative estimate of drug-likeness (QED) is 0.536. The molecule has 0 saturated heterocycles. The molecule has 0 bridgehead atoms. The zero-order chi connectivity index (χ0) is 20.2. The highest BCUT2D eigenvalue weighted by atomic mass is 32.2. The van der Waals surface area contributed by atoms with Gasteiger partial charge in [-0.05, 0) is 60.1 Å². The summed E-state index contributed by atoms with van der Waals surface area (Å²) in [5.41, 5.74) is -1.17. The summed E-state index contributed by atoms with van der Waals surface area (Å²) in [6, 6.07) is 2.95. The molecule has 1 aromatic rings. The first-order chi connectivity index (χ1) is 11.7. The summed E-state index contributed by atoms with van der Waals surface area (Å²) in [6.07, 6.45) is 0.128. The molecular weight excluding hydrogens is 376 g/mol. The first-order valence-electron chi connectivity index (χ1n) is 8.33. The van der Waals surface area contributed by atoms with Crippen LogP contribution in [0.5, 0.6) is 0 Å². The van der Waals surface area contributed by atoms with Gasteiger partial charge in [0.2, 0.25) is 0 Å². The molecule has 1 amide bonds. The van der Waals surface area contributed by atoms with Crippen LogP contribution in [-0.4, -0.2) is 38.0 Å². The standard InChI is InChI=1S/C17H28N2O5S2/c1-16(2,3)19-26(22,23)14-10-9-13(25-14)12(20)8-7-11-18-15(21)24-17(4,5)6/h9-10,19H,7-8,11H2,1-6H3,(H,18,21). The number of alkyl carbamates (subject to hydrolysis) is 1. The highest BCUT2D eigenvalue weighted by Gasteiger charge is 2.24. The molecule has 0 aliphatic carbocycles. The minimum absolute atomic E-state index is 0.114. The Balaban J connectivity index is 2.53. The van der Waals surface area contributed by atoms with Gasteiger partial charge in [0.25, 0.3) is 10.0 Å². The summed E-state index contributed by atoms with van der Waals surface area (Å²) in [4.78, 5) is 24.1. The van der Waals surface area contributed by atoms with Crippen LogP contribution in [0.4, 0.5) is 4.79 Å². The highest BCUT2D eigenvalue weighted by molar-refractivity contribution is 7.91. The van der Waals surface area contributed by atoms with Gasteiger partial charge in [-0.25, -0.2) is 17.9 Å². The molecule has 0 aromatic carbocycles. The van der Waals surface area contributed by atoms with Crippen molar-refractivity contribution in [3.63, 3.8) is 0 Å². The van der Waals surface area contributed by atoms with Crippen molar-refractivity contribution in [1.82, 2.24) is 10.0 Å². The van der Waals surface area contributed by atoms with E-state index in [1.807, 2.05) is 0 Å². The average molecular weight is 405 g/mol. The van der Waals surface area contributed by atoms with Crippen molar-refractivity contribution in [2.24, 2.45) is 0 Å². The van der Waals surface area contributed by atoms with Crippen molar-refractivity contribution in [2.45, 2.75) is 69.7 Å². The zero-order valence-corrected chi connectivity index (χ0v) is 17.8. The van der Waals surface area contributed by atoms with E-state index in [0.29, 0.717) is 17.8 Å². The lowest BCUT2D eigenvalue weighted by Crippen LogP contribution is -2.40. The van der Waals surface area contributed by atoms with E-state index in [9.17, 15) is 18.0 Å². The Labute approximate surface area is 159 Å². The first-order valence-corrected chi connectivity index (χ1v) is 10.6. The normalized spacial score (nSPS) is 12.7. The number of amides is 1. The smallest absolute Gasteiger partial charge is 0.407 e. The second kappa shape index (κ2) is 8.49. The molecule has 0 atom stereocenters. The maximum atomic E-state index is 12.3. The van der Waals surface area contributed by atoms with Crippen LogP contribution in [0.15, 0.2) is 16.3 Å². The van der Waals surface area contributed by atoms with Crippen LogP contribution in [0.3, 0.4) is 0 Å². The molecular formula is C17H28N2O5S2. The third-order valence-corrected chi connectivity index (χ3v) is 6.19. The molecule has 0 aliphatic rings. The largest absolute Gasteiger partial charge is 0.444 e. The molecule has 26 heavy (non-hydrogen) atoms. The Morgan fingerprint density at radius 3 is 2.27 bits per heavy atom. The Morgan fingerprint density at radius 2 is 1.73 bits per heavy atom. The molecule has 148 valence electrons. The number of carbonyl (C=O) groups is 2. The number of carbonyl (C=O) groups excluding carboxylic acids is 2. The Morgan fingerprint density at radius 1 is 1.12 bits per heavy atom. The van der Waals surface area contributed by atoms with Gasteiger partial charge in [0.1, 0.15) is 9.81 Å². The minimum atomic E-state index is -3.64. The molecule has 2 N–H and O–H groups in total. The van der Waals surface area contributed by atoms with Gasteiger partial charge in [-0.3, -0.25) is 4.79 Å². The van der Waals surface area contributed by atoms with Crippen LogP contribution in [0, 0.1) is 0 Å². The van der Waals surface area contributed by atoms with E-state index in [1.54, 1.807) is 41.5 Å². The Hall–Kier alpha value is -1.45. The lowest BCUT2D eigenvalue weighted by atomic mass is 10.1. The fraction of sp³-hybridized carbons (Fsp3) is 0.647. The third kappa shape index (κ3) is 8.29. The van der Waals surface area contributed by atoms with Crippen LogP contribution >= 0.6 is 11.3 Å². The second-order valence-corrected chi connectivity index (χ2v) is 10.9. The van der Waals surface area contributed by atoms with Crippen molar-refractivity contribution in [1.29, 1.82) is 0 Å². The molecule has 1 heterocycles. The van der Waals surface area contributed by atoms with Crippen molar-refractivity contribution in [2.75, 3.05) is 6.54 Å². The average Bonchev–Trinajstić information content (AvgIpc) is 2.89. The first kappa shape index (κ1) is 22.6. The molecule has 9 heteroatoms. The van der Waals surface area contributed by atoms with E-state index in [4.69, 9.17) is 4.74 Å². The number of hydrogen-bond acceptors (Lipinski definition) is 6. The van der Waals surface area contributed by atoms with Crippen LogP contribution in [-0.2, 0) is 14.8 Å². The lowest BCUT2D eigenvalue weighted by Gasteiger charge is -2.19. The van der Waals surface area contributed by atoms with Crippen LogP contribution < -0.4 is 10.0 Å². The molecule has 0 aliphatic heterocycles. The fourth-order valence-electron chi connectivity index (χ4n) is 1.94. The minimum Gasteiger partial charge on any atom is -0.444 e. The molecule has 0 fully saturated rings. The number of hydrogen-bond donors (Lipinski definition) is 2. The molecule has 0 spiro atoms. The molecule has 0 saturated carbocycles. The SMILES string of the molecule is CC(C)(C)NS(=O)(=O)c1ccc(C(=O)CCCNC(=O)OC(C)(C)C)s1. The predicted molar refractivity (Wildman–Crippen MR) is 102 cm³/mol. The summed E-state index contributed by atoms with van der Waals surface area (Å²) in [7, 11) is -3.64. The monoisotopic (exact) mass is 404 g/mol. The number of ether oxygens (including phenoxy) is 1. The Bertz CT molecular complexity index is 740. The maximum absolute atomic E-state index is 12.3. The second-order valence-electron chi connectivity index (χ2n) is 7.93. The van der Waals surface area contributed by atoms with E-state index >= 15 is 0 Å². The van der Waals surface area contributed by atoms with Crippen molar-refractivity contribution in [3.05, 3.63) is 17.0 Å². The number of sulfonamides is 1. The predicted octanol–water partition coefficient (Wildman–Crippen LogP) is 3.31. The fourth-order valence-corrected chi connectivity index (χ4v) is 4.64. The third-order valence-electron chi connectivity index (χ3n) is 2.81. The number of nitrogens with one attached hydrogen (secondary N) is 2. The Kier molecular flexibility index (Phi) is 7.38. The lowest BCUT2D eigenvalue weighted by molar-refractivity contribution is 0.0525. The van der Waals surface area contributed by atoms with Gasteiger partial charge in [-0.15, -0.1) is 11.3 Å². The van der Waals surface area contributed by atoms with Crippen LogP contribution in [0.25, 0.3) is 0 Å². The molecule has 1 rings (SSSR count). The van der Waals surface area contributed by atoms with Crippen LogP contribution in [0.2, 0.25) is 0 Å². The van der Waals surface area contributed by atoms with E-state index in [2.05, 4.69) is 10.0 Å². The van der Waals surface area contributed by atoms with E-state index in [0.717, 1.165) is 11.3 Å². The topological polar surface area (TPSA) is 102 Å². The van der Waals surface area contributed by atoms with E-state index < -0.39 is 27.3 Å². The summed E-state index contributed by atoms with van der Waals surface area (Å²) < 4.78 is 32.3. The number of Topliss-reactive ketones (excluding diaryl/α,β-unsaturated/α-hetero) is 1. The maximum Gasteiger partial charge on any atom is 0.407 e. The molecule has 7 nitrogen and oxygen atoms in total. The van der Waals surface area contributed by atoms with Gasteiger partial charge in [0, 0.05) is 18.5 Å². The molecule has 0 radical (unpaired) electrons. The zero-order valence-electron chi connectivity index (χ0n) is 16.1. The summed E-state index contributed by atoms with van der Waals surface area (Å²) in [5.74, 6) is -0.154. The van der Waals surface area contributed by atoms with Crippen molar-refractivity contribution in [3.8, 4) is 0 Å². The summed E-state index contributed by atoms with van der Waals surface area (Å²) in [5, 5.41) is 2.59. The summed E-state index contributed by atoms with van der Waals surface area (Å²) in [6.45, 7) is 10.9. The van der Waals surface area contributed by atoms with Gasteiger partial charge >= 0.3 is 6.09 Å². The highest BCUT2D eigenvalue weighted by Crippen LogP contribution is 2.24. The van der Waals surface area contributed by atoms with Gasteiger partial charge in [-0.1, -0.05) is 0 Å². The number of rotatable bonds is 7. The summed E-state index contributed by atoms with van der Waals surface area (Å²) >= 11 is 0.949. The van der Waals surface area contributed by atoms with Crippen molar-refractivity contribution < 1.29 is 22.7 Å².